The number of carbonyl (C=O) groups excluding carboxylic acids is 1. The van der Waals surface area contributed by atoms with Crippen molar-refractivity contribution in [1.29, 1.82) is 0 Å². The summed E-state index contributed by atoms with van der Waals surface area (Å²) in [5, 5.41) is 6.25. The molecule has 1 aliphatic heterocycles. The quantitative estimate of drug-likeness (QED) is 0.601. The Hall–Kier alpha value is -3.61. The van der Waals surface area contributed by atoms with E-state index in [1.54, 1.807) is 25.3 Å². The van der Waals surface area contributed by atoms with E-state index < -0.39 is 0 Å². The Kier molecular flexibility index (Phi) is 6.31. The predicted molar refractivity (Wildman–Crippen MR) is 124 cm³/mol. The van der Waals surface area contributed by atoms with Crippen LogP contribution in [0.2, 0.25) is 0 Å². The molecule has 1 saturated heterocycles. The van der Waals surface area contributed by atoms with E-state index in [1.165, 1.54) is 19.3 Å². The lowest BCUT2D eigenvalue weighted by atomic mass is 10.1. The predicted octanol–water partition coefficient (Wildman–Crippen LogP) is 4.78. The molecule has 1 aromatic heterocycles. The third-order valence-corrected chi connectivity index (χ3v) is 5.23. The number of anilines is 4. The number of methoxy groups -OCH3 is 1. The summed E-state index contributed by atoms with van der Waals surface area (Å²) >= 11 is 0. The smallest absolute Gasteiger partial charge is 0.255 e. The minimum Gasteiger partial charge on any atom is -0.497 e. The van der Waals surface area contributed by atoms with Gasteiger partial charge in [0.1, 0.15) is 11.6 Å². The number of piperidine rings is 1. The van der Waals surface area contributed by atoms with Crippen LogP contribution in [0.25, 0.3) is 0 Å². The first kappa shape index (κ1) is 20.7. The zero-order chi connectivity index (χ0) is 21.6. The van der Waals surface area contributed by atoms with Crippen LogP contribution < -0.4 is 20.3 Å². The molecule has 1 aliphatic rings. The van der Waals surface area contributed by atoms with Gasteiger partial charge in [0, 0.05) is 41.8 Å². The van der Waals surface area contributed by atoms with E-state index in [-0.39, 0.29) is 5.91 Å². The van der Waals surface area contributed by atoms with Crippen LogP contribution >= 0.6 is 0 Å². The lowest BCUT2D eigenvalue weighted by molar-refractivity contribution is 0.102. The Morgan fingerprint density at radius 1 is 0.968 bits per heavy atom. The van der Waals surface area contributed by atoms with Crippen molar-refractivity contribution >= 4 is 29.0 Å². The molecule has 3 aromatic rings. The Morgan fingerprint density at radius 2 is 1.71 bits per heavy atom. The van der Waals surface area contributed by atoms with Crippen LogP contribution in [0, 0.1) is 6.92 Å². The molecule has 0 spiro atoms. The van der Waals surface area contributed by atoms with Gasteiger partial charge in [0.05, 0.1) is 7.11 Å². The topological polar surface area (TPSA) is 79.4 Å². The number of hydrogen-bond acceptors (Lipinski definition) is 6. The number of ether oxygens (including phenoxy) is 1. The van der Waals surface area contributed by atoms with Crippen molar-refractivity contribution in [3.63, 3.8) is 0 Å². The van der Waals surface area contributed by atoms with Gasteiger partial charge >= 0.3 is 0 Å². The molecule has 0 bridgehead atoms. The summed E-state index contributed by atoms with van der Waals surface area (Å²) in [6, 6.07) is 16.6. The van der Waals surface area contributed by atoms with E-state index >= 15 is 0 Å². The minimum atomic E-state index is -0.183. The molecule has 31 heavy (non-hydrogen) atoms. The minimum absolute atomic E-state index is 0.183. The summed E-state index contributed by atoms with van der Waals surface area (Å²) in [6.07, 6.45) is 3.64. The van der Waals surface area contributed by atoms with Crippen molar-refractivity contribution in [2.75, 3.05) is 35.7 Å². The number of carbonyl (C=O) groups is 1. The van der Waals surface area contributed by atoms with E-state index in [4.69, 9.17) is 9.72 Å². The molecule has 0 atom stereocenters. The molecular formula is C24H27N5O2. The first-order valence-corrected chi connectivity index (χ1v) is 10.5. The molecule has 7 heteroatoms. The second kappa shape index (κ2) is 9.47. The molecule has 0 aliphatic carbocycles. The zero-order valence-corrected chi connectivity index (χ0v) is 17.9. The third kappa shape index (κ3) is 5.31. The van der Waals surface area contributed by atoms with Crippen LogP contribution in [0.4, 0.5) is 23.1 Å². The summed E-state index contributed by atoms with van der Waals surface area (Å²) in [6.45, 7) is 3.99. The molecule has 1 amide bonds. The van der Waals surface area contributed by atoms with Gasteiger partial charge in [-0.25, -0.2) is 4.98 Å². The highest BCUT2D eigenvalue weighted by atomic mass is 16.5. The Balaban J connectivity index is 1.42. The molecule has 2 heterocycles. The monoisotopic (exact) mass is 417 g/mol. The molecule has 0 unspecified atom stereocenters. The van der Waals surface area contributed by atoms with Gasteiger partial charge in [-0.2, -0.15) is 4.98 Å². The number of aromatic nitrogens is 2. The summed E-state index contributed by atoms with van der Waals surface area (Å²) in [7, 11) is 1.58. The number of nitrogens with zero attached hydrogens (tertiary/aromatic N) is 3. The van der Waals surface area contributed by atoms with Gasteiger partial charge in [-0.15, -0.1) is 0 Å². The average molecular weight is 418 g/mol. The first-order chi connectivity index (χ1) is 15.1. The maximum Gasteiger partial charge on any atom is 0.255 e. The van der Waals surface area contributed by atoms with E-state index in [2.05, 4.69) is 20.5 Å². The number of rotatable bonds is 6. The summed E-state index contributed by atoms with van der Waals surface area (Å²) in [5.74, 6) is 2.01. The summed E-state index contributed by atoms with van der Waals surface area (Å²) in [4.78, 5) is 24.0. The number of benzene rings is 2. The van der Waals surface area contributed by atoms with E-state index in [1.807, 2.05) is 43.3 Å². The number of aryl methyl sites for hydroxylation is 1. The van der Waals surface area contributed by atoms with Crippen molar-refractivity contribution < 1.29 is 9.53 Å². The largest absolute Gasteiger partial charge is 0.497 e. The molecule has 2 aromatic carbocycles. The maximum atomic E-state index is 12.5. The van der Waals surface area contributed by atoms with Crippen molar-refractivity contribution in [3.8, 4) is 5.75 Å². The Bertz CT molecular complexity index is 1050. The van der Waals surface area contributed by atoms with Crippen molar-refractivity contribution in [2.24, 2.45) is 0 Å². The number of nitrogens with one attached hydrogen (secondary N) is 2. The molecule has 4 rings (SSSR count). The highest BCUT2D eigenvalue weighted by Crippen LogP contribution is 2.22. The molecule has 0 radical (unpaired) electrons. The zero-order valence-electron chi connectivity index (χ0n) is 17.9. The number of hydrogen-bond donors (Lipinski definition) is 2. The van der Waals surface area contributed by atoms with Gasteiger partial charge in [0.15, 0.2) is 0 Å². The first-order valence-electron chi connectivity index (χ1n) is 10.5. The Morgan fingerprint density at radius 3 is 2.45 bits per heavy atom. The van der Waals surface area contributed by atoms with Gasteiger partial charge < -0.3 is 20.3 Å². The third-order valence-electron chi connectivity index (χ3n) is 5.23. The lowest BCUT2D eigenvalue weighted by Crippen LogP contribution is -2.31. The van der Waals surface area contributed by atoms with Crippen LogP contribution in [0.15, 0.2) is 54.6 Å². The highest BCUT2D eigenvalue weighted by Gasteiger charge is 2.15. The van der Waals surface area contributed by atoms with Crippen molar-refractivity contribution in [3.05, 3.63) is 65.9 Å². The van der Waals surface area contributed by atoms with Crippen molar-refractivity contribution in [2.45, 2.75) is 26.2 Å². The van der Waals surface area contributed by atoms with Crippen molar-refractivity contribution in [1.82, 2.24) is 9.97 Å². The fourth-order valence-corrected chi connectivity index (χ4v) is 3.60. The summed E-state index contributed by atoms with van der Waals surface area (Å²) in [5.41, 5.74) is 3.08. The van der Waals surface area contributed by atoms with E-state index in [9.17, 15) is 4.79 Å². The normalized spacial score (nSPS) is 13.5. The molecule has 1 fully saturated rings. The van der Waals surface area contributed by atoms with Gasteiger partial charge in [0.25, 0.3) is 5.91 Å². The molecular weight excluding hydrogens is 390 g/mol. The second-order valence-corrected chi connectivity index (χ2v) is 7.63. The molecule has 7 nitrogen and oxygen atoms in total. The van der Waals surface area contributed by atoms with Crippen LogP contribution in [0.1, 0.15) is 35.3 Å². The van der Waals surface area contributed by atoms with Crippen LogP contribution in [-0.2, 0) is 0 Å². The van der Waals surface area contributed by atoms with Crippen LogP contribution in [0.5, 0.6) is 5.75 Å². The standard InChI is InChI=1S/C24H27N5O2/c1-17-15-22(28-24(25-17)29-13-4-3-5-14-29)26-19-9-11-20(12-10-19)27-23(30)18-7-6-8-21(16-18)31-2/h6-12,15-16H,3-5,13-14H2,1-2H3,(H,27,30)(H,25,26,28). The average Bonchev–Trinajstić information content (AvgIpc) is 2.80. The summed E-state index contributed by atoms with van der Waals surface area (Å²) < 4.78 is 5.18. The SMILES string of the molecule is COc1cccc(C(=O)Nc2ccc(Nc3cc(C)nc(N4CCCCC4)n3)cc2)c1. The maximum absolute atomic E-state index is 12.5. The molecule has 0 saturated carbocycles. The Labute approximate surface area is 182 Å². The van der Waals surface area contributed by atoms with Gasteiger partial charge in [-0.3, -0.25) is 4.79 Å². The van der Waals surface area contributed by atoms with Gasteiger partial charge in [0.2, 0.25) is 5.95 Å². The second-order valence-electron chi connectivity index (χ2n) is 7.63. The van der Waals surface area contributed by atoms with E-state index in [0.717, 1.165) is 36.2 Å². The van der Waals surface area contributed by atoms with Crippen LogP contribution in [-0.4, -0.2) is 36.1 Å². The fraction of sp³-hybridized carbons (Fsp3) is 0.292. The molecule has 160 valence electrons. The van der Waals surface area contributed by atoms with E-state index in [0.29, 0.717) is 17.0 Å². The van der Waals surface area contributed by atoms with Crippen LogP contribution in [0.3, 0.4) is 0 Å². The fourth-order valence-electron chi connectivity index (χ4n) is 3.60. The van der Waals surface area contributed by atoms with Gasteiger partial charge in [-0.05, 0) is 68.7 Å². The highest BCUT2D eigenvalue weighted by molar-refractivity contribution is 6.04. The van der Waals surface area contributed by atoms with Gasteiger partial charge in [-0.1, -0.05) is 6.07 Å². The number of amides is 1. The molecule has 2 N–H and O–H groups in total. The lowest BCUT2D eigenvalue weighted by Gasteiger charge is -2.27.